The Kier molecular flexibility index (Phi) is 7.28. The number of allylic oxidation sites excluding steroid dienone is 3. The summed E-state index contributed by atoms with van der Waals surface area (Å²) in [5.41, 5.74) is 0.651. The van der Waals surface area contributed by atoms with Crippen molar-refractivity contribution in [2.75, 3.05) is 13.2 Å². The molecule has 28 heavy (non-hydrogen) atoms. The van der Waals surface area contributed by atoms with Gasteiger partial charge < -0.3 is 14.4 Å². The number of ether oxygens (including phenoxy) is 2. The lowest BCUT2D eigenvalue weighted by Crippen LogP contribution is -2.42. The minimum atomic E-state index is -0.489. The maximum absolute atomic E-state index is 12.4. The van der Waals surface area contributed by atoms with Gasteiger partial charge in [0.25, 0.3) is 0 Å². The van der Waals surface area contributed by atoms with Gasteiger partial charge in [0, 0.05) is 12.7 Å². The predicted molar refractivity (Wildman–Crippen MR) is 113 cm³/mol. The molecule has 5 heteroatoms. The highest BCUT2D eigenvalue weighted by Crippen LogP contribution is 2.22. The zero-order chi connectivity index (χ0) is 20.8. The van der Waals surface area contributed by atoms with Crippen LogP contribution in [0.4, 0.5) is 4.79 Å². The first-order chi connectivity index (χ1) is 13.0. The molecule has 0 N–H and O–H groups in total. The van der Waals surface area contributed by atoms with Crippen LogP contribution in [0, 0.1) is 5.41 Å². The summed E-state index contributed by atoms with van der Waals surface area (Å²) in [6, 6.07) is 1.99. The third kappa shape index (κ3) is 7.75. The molecule has 154 valence electrons. The van der Waals surface area contributed by atoms with Crippen LogP contribution < -0.4 is 4.74 Å². The van der Waals surface area contributed by atoms with Crippen molar-refractivity contribution in [1.82, 2.24) is 9.88 Å². The molecule has 0 radical (unpaired) electrons. The highest BCUT2D eigenvalue weighted by Gasteiger charge is 2.32. The van der Waals surface area contributed by atoms with Gasteiger partial charge in [0.1, 0.15) is 18.0 Å². The van der Waals surface area contributed by atoms with Crippen molar-refractivity contribution >= 4 is 12.2 Å². The number of nitrogens with zero attached hydrogens (tertiary/aromatic N) is 2. The monoisotopic (exact) mass is 386 g/mol. The van der Waals surface area contributed by atoms with Crippen molar-refractivity contribution in [3.05, 3.63) is 42.3 Å². The van der Waals surface area contributed by atoms with Crippen molar-refractivity contribution in [3.63, 3.8) is 0 Å². The van der Waals surface area contributed by atoms with Gasteiger partial charge in [-0.25, -0.2) is 4.79 Å². The van der Waals surface area contributed by atoms with Crippen LogP contribution in [0.15, 0.2) is 36.7 Å². The Balaban J connectivity index is 1.92. The molecule has 1 saturated heterocycles. The average molecular weight is 387 g/mol. The van der Waals surface area contributed by atoms with E-state index in [4.69, 9.17) is 9.47 Å². The van der Waals surface area contributed by atoms with E-state index >= 15 is 0 Å². The summed E-state index contributed by atoms with van der Waals surface area (Å²) in [5.74, 6) is 0.706. The maximum atomic E-state index is 12.4. The number of amides is 1. The third-order valence-corrected chi connectivity index (χ3v) is 4.18. The molecule has 2 heterocycles. The summed E-state index contributed by atoms with van der Waals surface area (Å²) in [6.07, 6.45) is 13.3. The second-order valence-corrected chi connectivity index (χ2v) is 9.32. The third-order valence-electron chi connectivity index (χ3n) is 4.18. The first-order valence-corrected chi connectivity index (χ1v) is 9.97. The van der Waals surface area contributed by atoms with Crippen molar-refractivity contribution in [1.29, 1.82) is 0 Å². The lowest BCUT2D eigenvalue weighted by molar-refractivity contribution is 0.0187. The number of hydrogen-bond acceptors (Lipinski definition) is 4. The second-order valence-electron chi connectivity index (χ2n) is 9.32. The smallest absolute Gasteiger partial charge is 0.410 e. The molecule has 1 aromatic heterocycles. The molecular weight excluding hydrogens is 352 g/mol. The fourth-order valence-corrected chi connectivity index (χ4v) is 2.88. The Morgan fingerprint density at radius 2 is 1.96 bits per heavy atom. The molecule has 0 unspecified atom stereocenters. The molecule has 0 bridgehead atoms. The number of rotatable bonds is 5. The van der Waals surface area contributed by atoms with E-state index in [2.05, 4.69) is 31.8 Å². The van der Waals surface area contributed by atoms with E-state index in [0.29, 0.717) is 18.9 Å². The molecule has 1 aromatic rings. The Labute approximate surface area is 169 Å². The molecule has 0 spiro atoms. The zero-order valence-electron chi connectivity index (χ0n) is 18.1. The summed E-state index contributed by atoms with van der Waals surface area (Å²) >= 11 is 0. The largest absolute Gasteiger partial charge is 0.490 e. The number of pyridine rings is 1. The molecule has 2 rings (SSSR count). The first kappa shape index (κ1) is 22.0. The molecule has 1 fully saturated rings. The van der Waals surface area contributed by atoms with E-state index in [1.54, 1.807) is 17.3 Å². The van der Waals surface area contributed by atoms with Crippen LogP contribution in [0.3, 0.4) is 0 Å². The lowest BCUT2D eigenvalue weighted by Gasteiger charge is -2.28. The second kappa shape index (κ2) is 9.26. The number of hydrogen-bond donors (Lipinski definition) is 0. The average Bonchev–Trinajstić information content (AvgIpc) is 3.04. The first-order valence-electron chi connectivity index (χ1n) is 9.97. The van der Waals surface area contributed by atoms with Crippen molar-refractivity contribution in [2.45, 2.75) is 66.0 Å². The fourth-order valence-electron chi connectivity index (χ4n) is 2.88. The van der Waals surface area contributed by atoms with Gasteiger partial charge in [0.15, 0.2) is 0 Å². The van der Waals surface area contributed by atoms with Crippen LogP contribution in [-0.4, -0.2) is 40.8 Å². The van der Waals surface area contributed by atoms with Gasteiger partial charge in [-0.1, -0.05) is 45.1 Å². The van der Waals surface area contributed by atoms with Gasteiger partial charge in [-0.3, -0.25) is 4.98 Å². The predicted octanol–water partition coefficient (Wildman–Crippen LogP) is 5.48. The summed E-state index contributed by atoms with van der Waals surface area (Å²) < 4.78 is 11.4. The van der Waals surface area contributed by atoms with Crippen LogP contribution >= 0.6 is 0 Å². The van der Waals surface area contributed by atoms with E-state index in [1.165, 1.54) is 0 Å². The highest BCUT2D eigenvalue weighted by atomic mass is 16.6. The molecule has 1 atom stereocenters. The zero-order valence-corrected chi connectivity index (χ0v) is 18.1. The van der Waals surface area contributed by atoms with Gasteiger partial charge in [0.2, 0.25) is 0 Å². The Morgan fingerprint density at radius 3 is 2.64 bits per heavy atom. The molecule has 1 aliphatic rings. The summed E-state index contributed by atoms with van der Waals surface area (Å²) in [4.78, 5) is 18.4. The van der Waals surface area contributed by atoms with Crippen molar-refractivity contribution in [2.24, 2.45) is 5.41 Å². The SMILES string of the molecule is CC(C)(C)C=CC=Cc1cncc(OC[C@@H]2CCCN2C(=O)OC(C)(C)C)c1. The summed E-state index contributed by atoms with van der Waals surface area (Å²) in [7, 11) is 0. The van der Waals surface area contributed by atoms with E-state index in [9.17, 15) is 4.79 Å². The van der Waals surface area contributed by atoms with Crippen LogP contribution in [0.2, 0.25) is 0 Å². The van der Waals surface area contributed by atoms with E-state index < -0.39 is 5.60 Å². The van der Waals surface area contributed by atoms with E-state index in [-0.39, 0.29) is 17.6 Å². The summed E-state index contributed by atoms with van der Waals surface area (Å²) in [5, 5.41) is 0. The van der Waals surface area contributed by atoms with Crippen molar-refractivity contribution in [3.8, 4) is 5.75 Å². The maximum Gasteiger partial charge on any atom is 0.410 e. The number of carbonyl (C=O) groups excluding carboxylic acids is 1. The normalized spacial score (nSPS) is 18.2. The van der Waals surface area contributed by atoms with Crippen LogP contribution in [-0.2, 0) is 4.74 Å². The van der Waals surface area contributed by atoms with Gasteiger partial charge in [-0.05, 0) is 50.7 Å². The standard InChI is InChI=1S/C23H34N2O3/c1-22(2,3)12-8-7-10-18-14-20(16-24-15-18)27-17-19-11-9-13-25(19)21(26)28-23(4,5)6/h7-8,10,12,14-16,19H,9,11,13,17H2,1-6H3/t19-/m0/s1. The van der Waals surface area contributed by atoms with E-state index in [0.717, 1.165) is 18.4 Å². The van der Waals surface area contributed by atoms with Gasteiger partial charge in [0.05, 0.1) is 12.2 Å². The van der Waals surface area contributed by atoms with E-state index in [1.807, 2.05) is 45.1 Å². The Morgan fingerprint density at radius 1 is 1.21 bits per heavy atom. The number of carbonyl (C=O) groups is 1. The molecule has 0 aromatic carbocycles. The van der Waals surface area contributed by atoms with Crippen LogP contribution in [0.25, 0.3) is 6.08 Å². The van der Waals surface area contributed by atoms with Crippen LogP contribution in [0.5, 0.6) is 5.75 Å². The number of aromatic nitrogens is 1. The van der Waals surface area contributed by atoms with Gasteiger partial charge >= 0.3 is 6.09 Å². The molecule has 1 aliphatic heterocycles. The minimum absolute atomic E-state index is 0.0313. The number of likely N-dealkylation sites (tertiary alicyclic amines) is 1. The molecule has 0 saturated carbocycles. The van der Waals surface area contributed by atoms with Gasteiger partial charge in [-0.15, -0.1) is 0 Å². The Hall–Kier alpha value is -2.30. The summed E-state index contributed by atoms with van der Waals surface area (Å²) in [6.45, 7) is 13.3. The van der Waals surface area contributed by atoms with Crippen molar-refractivity contribution < 1.29 is 14.3 Å². The molecular formula is C23H34N2O3. The molecule has 0 aliphatic carbocycles. The topological polar surface area (TPSA) is 51.7 Å². The van der Waals surface area contributed by atoms with Gasteiger partial charge in [-0.2, -0.15) is 0 Å². The molecule has 5 nitrogen and oxygen atoms in total. The lowest BCUT2D eigenvalue weighted by atomic mass is 9.96. The fraction of sp³-hybridized carbons (Fsp3) is 0.565. The quantitative estimate of drug-likeness (QED) is 0.629. The minimum Gasteiger partial charge on any atom is -0.490 e. The molecule has 1 amide bonds. The van der Waals surface area contributed by atoms with Crippen LogP contribution in [0.1, 0.15) is 59.9 Å². The highest BCUT2D eigenvalue weighted by molar-refractivity contribution is 5.69. The Bertz CT molecular complexity index is 711.